The number of rotatable bonds is 3. The zero-order valence-corrected chi connectivity index (χ0v) is 12.7. The van der Waals surface area contributed by atoms with Crippen LogP contribution in [-0.4, -0.2) is 33.5 Å². The molecule has 0 aromatic carbocycles. The fourth-order valence-corrected chi connectivity index (χ4v) is 3.41. The van der Waals surface area contributed by atoms with Gasteiger partial charge in [0.1, 0.15) is 11.0 Å². The Morgan fingerprint density at radius 2 is 2.26 bits per heavy atom. The molecule has 0 amide bonds. The first-order chi connectivity index (χ1) is 8.88. The van der Waals surface area contributed by atoms with Crippen LogP contribution in [0.5, 0.6) is 0 Å². The predicted octanol–water partition coefficient (Wildman–Crippen LogP) is 2.88. The van der Waals surface area contributed by atoms with Crippen LogP contribution >= 0.6 is 11.3 Å². The molecule has 0 radical (unpaired) electrons. The molecule has 0 aliphatic carbocycles. The Morgan fingerprint density at radius 3 is 2.84 bits per heavy atom. The van der Waals surface area contributed by atoms with Crippen LogP contribution in [0.2, 0.25) is 0 Å². The number of hydrogen-bond donors (Lipinski definition) is 1. The topological polar surface area (TPSA) is 53.4 Å². The van der Waals surface area contributed by atoms with Crippen molar-refractivity contribution in [1.29, 1.82) is 0 Å². The lowest BCUT2D eigenvalue weighted by Crippen LogP contribution is -2.44. The second kappa shape index (κ2) is 5.59. The highest BCUT2D eigenvalue weighted by molar-refractivity contribution is 7.09. The van der Waals surface area contributed by atoms with E-state index >= 15 is 0 Å². The highest BCUT2D eigenvalue weighted by Gasteiger charge is 2.29. The van der Waals surface area contributed by atoms with Crippen molar-refractivity contribution >= 4 is 17.3 Å². The molecule has 5 heteroatoms. The summed E-state index contributed by atoms with van der Waals surface area (Å²) in [5, 5.41) is 12.4. The quantitative estimate of drug-likeness (QED) is 0.926. The van der Waals surface area contributed by atoms with E-state index in [1.807, 2.05) is 0 Å². The van der Waals surface area contributed by atoms with Crippen molar-refractivity contribution in [3.63, 3.8) is 0 Å². The van der Waals surface area contributed by atoms with Crippen LogP contribution in [0.15, 0.2) is 5.38 Å². The van der Waals surface area contributed by atoms with Crippen molar-refractivity contribution in [1.82, 2.24) is 9.88 Å². The molecule has 2 rings (SSSR count). The van der Waals surface area contributed by atoms with Crippen LogP contribution in [-0.2, 0) is 16.8 Å². The second-order valence-corrected chi connectivity index (χ2v) is 7.14. The average molecular weight is 282 g/mol. The van der Waals surface area contributed by atoms with Gasteiger partial charge in [-0.05, 0) is 19.4 Å². The van der Waals surface area contributed by atoms with Crippen LogP contribution in [0.3, 0.4) is 0 Å². The molecule has 1 saturated heterocycles. The van der Waals surface area contributed by atoms with E-state index in [2.05, 4.69) is 36.0 Å². The van der Waals surface area contributed by atoms with Crippen molar-refractivity contribution < 1.29 is 9.90 Å². The van der Waals surface area contributed by atoms with Gasteiger partial charge in [0.05, 0.1) is 12.2 Å². The summed E-state index contributed by atoms with van der Waals surface area (Å²) in [6.07, 6.45) is 2.85. The van der Waals surface area contributed by atoms with Gasteiger partial charge in [0.2, 0.25) is 0 Å². The summed E-state index contributed by atoms with van der Waals surface area (Å²) in [4.78, 5) is 18.0. The Hall–Kier alpha value is -0.940. The van der Waals surface area contributed by atoms with E-state index in [0.717, 1.165) is 36.5 Å². The summed E-state index contributed by atoms with van der Waals surface area (Å²) in [6, 6.07) is -0.337. The lowest BCUT2D eigenvalue weighted by Gasteiger charge is -2.32. The van der Waals surface area contributed by atoms with Gasteiger partial charge >= 0.3 is 5.97 Å². The lowest BCUT2D eigenvalue weighted by atomic mass is 9.93. The molecule has 1 aliphatic rings. The van der Waals surface area contributed by atoms with Crippen LogP contribution in [0.1, 0.15) is 50.7 Å². The highest BCUT2D eigenvalue weighted by atomic mass is 32.1. The molecule has 1 aromatic rings. The van der Waals surface area contributed by atoms with Gasteiger partial charge in [-0.2, -0.15) is 0 Å². The average Bonchev–Trinajstić information content (AvgIpc) is 2.77. The number of likely N-dealkylation sites (tertiary alicyclic amines) is 1. The Balaban J connectivity index is 2.07. The van der Waals surface area contributed by atoms with E-state index in [1.54, 1.807) is 11.3 Å². The molecule has 1 fully saturated rings. The molecular weight excluding hydrogens is 260 g/mol. The highest BCUT2D eigenvalue weighted by Crippen LogP contribution is 2.26. The van der Waals surface area contributed by atoms with E-state index in [1.165, 1.54) is 0 Å². The summed E-state index contributed by atoms with van der Waals surface area (Å²) in [6.45, 7) is 7.96. The van der Waals surface area contributed by atoms with E-state index in [0.29, 0.717) is 6.54 Å². The maximum Gasteiger partial charge on any atom is 0.320 e. The van der Waals surface area contributed by atoms with Gasteiger partial charge in [-0.25, -0.2) is 4.98 Å². The molecule has 4 nitrogen and oxygen atoms in total. The number of carbonyl (C=O) groups is 1. The standard InChI is InChI=1S/C14H22N2O2S/c1-14(2,3)11-9-19-12(15-11)8-16-7-5-4-6-10(16)13(17)18/h9-10H,4-8H2,1-3H3,(H,17,18). The van der Waals surface area contributed by atoms with Crippen LogP contribution in [0, 0.1) is 0 Å². The number of carboxylic acid groups (broad SMARTS) is 1. The van der Waals surface area contributed by atoms with Gasteiger partial charge in [0.25, 0.3) is 0 Å². The minimum atomic E-state index is -0.702. The number of hydrogen-bond acceptors (Lipinski definition) is 4. The first-order valence-electron chi connectivity index (χ1n) is 6.79. The molecule has 19 heavy (non-hydrogen) atoms. The minimum Gasteiger partial charge on any atom is -0.480 e. The Morgan fingerprint density at radius 1 is 1.53 bits per heavy atom. The van der Waals surface area contributed by atoms with Gasteiger partial charge in [0.15, 0.2) is 0 Å². The van der Waals surface area contributed by atoms with Crippen LogP contribution in [0.4, 0.5) is 0 Å². The van der Waals surface area contributed by atoms with Crippen molar-refractivity contribution in [2.45, 2.75) is 58.0 Å². The first kappa shape index (κ1) is 14.5. The zero-order valence-electron chi connectivity index (χ0n) is 11.8. The molecule has 1 N–H and O–H groups in total. The van der Waals surface area contributed by atoms with Crippen molar-refractivity contribution in [3.8, 4) is 0 Å². The van der Waals surface area contributed by atoms with E-state index in [-0.39, 0.29) is 11.5 Å². The molecule has 2 heterocycles. The number of thiazole rings is 1. The molecule has 0 bridgehead atoms. The summed E-state index contributed by atoms with van der Waals surface area (Å²) in [7, 11) is 0. The normalized spacial score (nSPS) is 21.5. The largest absolute Gasteiger partial charge is 0.480 e. The molecule has 1 aromatic heterocycles. The third-order valence-corrected chi connectivity index (χ3v) is 4.39. The van der Waals surface area contributed by atoms with E-state index in [9.17, 15) is 9.90 Å². The third kappa shape index (κ3) is 3.54. The predicted molar refractivity (Wildman–Crippen MR) is 76.5 cm³/mol. The van der Waals surface area contributed by atoms with Crippen molar-refractivity contribution in [3.05, 3.63) is 16.1 Å². The number of aromatic nitrogens is 1. The fourth-order valence-electron chi connectivity index (χ4n) is 2.36. The Bertz CT molecular complexity index is 451. The van der Waals surface area contributed by atoms with E-state index < -0.39 is 5.97 Å². The van der Waals surface area contributed by atoms with Gasteiger partial charge in [0, 0.05) is 10.8 Å². The van der Waals surface area contributed by atoms with Gasteiger partial charge < -0.3 is 5.11 Å². The number of nitrogens with zero attached hydrogens (tertiary/aromatic N) is 2. The summed E-state index contributed by atoms with van der Waals surface area (Å²) in [5.74, 6) is -0.702. The molecule has 1 aliphatic heterocycles. The minimum absolute atomic E-state index is 0.0584. The van der Waals surface area contributed by atoms with Crippen molar-refractivity contribution in [2.75, 3.05) is 6.54 Å². The van der Waals surface area contributed by atoms with E-state index in [4.69, 9.17) is 0 Å². The zero-order chi connectivity index (χ0) is 14.0. The maximum atomic E-state index is 11.3. The first-order valence-corrected chi connectivity index (χ1v) is 7.67. The fraction of sp³-hybridized carbons (Fsp3) is 0.714. The second-order valence-electron chi connectivity index (χ2n) is 6.20. The lowest BCUT2D eigenvalue weighted by molar-refractivity contribution is -0.144. The van der Waals surface area contributed by atoms with Gasteiger partial charge in [-0.15, -0.1) is 11.3 Å². The third-order valence-electron chi connectivity index (χ3n) is 3.56. The maximum absolute atomic E-state index is 11.3. The smallest absolute Gasteiger partial charge is 0.320 e. The van der Waals surface area contributed by atoms with Crippen molar-refractivity contribution in [2.24, 2.45) is 0 Å². The monoisotopic (exact) mass is 282 g/mol. The van der Waals surface area contributed by atoms with Crippen LogP contribution in [0.25, 0.3) is 0 Å². The molecular formula is C14H22N2O2S. The molecule has 0 spiro atoms. The molecule has 106 valence electrons. The van der Waals surface area contributed by atoms with Gasteiger partial charge in [-0.3, -0.25) is 9.69 Å². The number of aliphatic carboxylic acids is 1. The molecule has 1 atom stereocenters. The summed E-state index contributed by atoms with van der Waals surface area (Å²) in [5.41, 5.74) is 1.15. The number of carboxylic acids is 1. The van der Waals surface area contributed by atoms with Crippen LogP contribution < -0.4 is 0 Å². The Kier molecular flexibility index (Phi) is 4.26. The summed E-state index contributed by atoms with van der Waals surface area (Å²) < 4.78 is 0. The molecule has 1 unspecified atom stereocenters. The molecule has 0 saturated carbocycles. The Labute approximate surface area is 118 Å². The number of piperidine rings is 1. The van der Waals surface area contributed by atoms with Gasteiger partial charge in [-0.1, -0.05) is 27.2 Å². The summed E-state index contributed by atoms with van der Waals surface area (Å²) >= 11 is 1.64. The SMILES string of the molecule is CC(C)(C)c1csc(CN2CCCCC2C(=O)O)n1.